The largest absolute Gasteiger partial charge is 0.276 e. The molecule has 0 aliphatic heterocycles. The number of nitrogens with one attached hydrogen (secondary N) is 2. The zero-order chi connectivity index (χ0) is 16.3. The highest BCUT2D eigenvalue weighted by Crippen LogP contribution is 2.21. The number of H-pyrrole nitrogens is 1. The summed E-state index contributed by atoms with van der Waals surface area (Å²) >= 11 is 0. The number of aromatic amines is 1. The summed E-state index contributed by atoms with van der Waals surface area (Å²) in [6, 6.07) is 12.1. The molecule has 0 unspecified atom stereocenters. The highest BCUT2D eigenvalue weighted by atomic mass is 32.2. The quantitative estimate of drug-likeness (QED) is 0.754. The molecule has 7 heteroatoms. The van der Waals surface area contributed by atoms with Crippen molar-refractivity contribution >= 4 is 15.8 Å². The normalized spacial score (nSPS) is 11.3. The highest BCUT2D eigenvalue weighted by Gasteiger charge is 2.16. The fourth-order valence-corrected chi connectivity index (χ4v) is 3.15. The van der Waals surface area contributed by atoms with Crippen LogP contribution in [0.5, 0.6) is 0 Å². The van der Waals surface area contributed by atoms with E-state index in [2.05, 4.69) is 19.9 Å². The molecule has 0 saturated heterocycles. The van der Waals surface area contributed by atoms with Gasteiger partial charge >= 0.3 is 0 Å². The summed E-state index contributed by atoms with van der Waals surface area (Å²) in [5.41, 5.74) is 2.68. The smallest absolute Gasteiger partial charge is 0.263 e. The molecule has 6 nitrogen and oxygen atoms in total. The Morgan fingerprint density at radius 3 is 2.43 bits per heavy atom. The van der Waals surface area contributed by atoms with Gasteiger partial charge in [0.1, 0.15) is 0 Å². The minimum absolute atomic E-state index is 0.211. The van der Waals surface area contributed by atoms with E-state index in [1.54, 1.807) is 30.6 Å². The first-order valence-electron chi connectivity index (χ1n) is 7.16. The fourth-order valence-electron chi connectivity index (χ4n) is 2.15. The van der Waals surface area contributed by atoms with E-state index in [-0.39, 0.29) is 10.7 Å². The minimum atomic E-state index is -3.65. The van der Waals surface area contributed by atoms with Gasteiger partial charge in [-0.1, -0.05) is 19.1 Å². The van der Waals surface area contributed by atoms with Gasteiger partial charge in [0, 0.05) is 24.0 Å². The number of aryl methyl sites for hydroxylation is 1. The third-order valence-electron chi connectivity index (χ3n) is 3.45. The summed E-state index contributed by atoms with van der Waals surface area (Å²) in [7, 11) is -3.65. The molecule has 2 N–H and O–H groups in total. The molecule has 23 heavy (non-hydrogen) atoms. The zero-order valence-electron chi connectivity index (χ0n) is 12.5. The summed E-state index contributed by atoms with van der Waals surface area (Å²) in [4.78, 5) is 4.16. The van der Waals surface area contributed by atoms with Crippen LogP contribution in [0.3, 0.4) is 0 Å². The highest BCUT2D eigenvalue weighted by molar-refractivity contribution is 7.92. The second-order valence-corrected chi connectivity index (χ2v) is 6.69. The van der Waals surface area contributed by atoms with Crippen molar-refractivity contribution in [1.29, 1.82) is 0 Å². The number of pyridine rings is 1. The van der Waals surface area contributed by atoms with E-state index in [9.17, 15) is 8.42 Å². The molecule has 0 fully saturated rings. The molecule has 0 aliphatic carbocycles. The molecule has 0 amide bonds. The molecule has 0 radical (unpaired) electrons. The van der Waals surface area contributed by atoms with Crippen LogP contribution in [0.15, 0.2) is 59.8 Å². The lowest BCUT2D eigenvalue weighted by molar-refractivity contribution is 0.601. The average Bonchev–Trinajstić information content (AvgIpc) is 3.03. The van der Waals surface area contributed by atoms with Gasteiger partial charge < -0.3 is 0 Å². The Hall–Kier alpha value is -2.67. The lowest BCUT2D eigenvalue weighted by atomic mass is 10.2. The van der Waals surface area contributed by atoms with Crippen molar-refractivity contribution in [1.82, 2.24) is 15.2 Å². The predicted molar refractivity (Wildman–Crippen MR) is 88.4 cm³/mol. The van der Waals surface area contributed by atoms with Crippen LogP contribution in [0.4, 0.5) is 5.82 Å². The maximum atomic E-state index is 12.4. The minimum Gasteiger partial charge on any atom is -0.276 e. The summed E-state index contributed by atoms with van der Waals surface area (Å²) in [5, 5.41) is 6.81. The third-order valence-corrected chi connectivity index (χ3v) is 4.82. The van der Waals surface area contributed by atoms with E-state index in [4.69, 9.17) is 0 Å². The first-order chi connectivity index (χ1) is 11.1. The number of anilines is 1. The summed E-state index contributed by atoms with van der Waals surface area (Å²) in [6.45, 7) is 2.02. The Balaban J connectivity index is 1.82. The first kappa shape index (κ1) is 15.2. The van der Waals surface area contributed by atoms with Crippen LogP contribution in [-0.4, -0.2) is 23.6 Å². The maximum Gasteiger partial charge on any atom is 0.263 e. The van der Waals surface area contributed by atoms with E-state index >= 15 is 0 Å². The van der Waals surface area contributed by atoms with Crippen molar-refractivity contribution in [2.24, 2.45) is 0 Å². The van der Waals surface area contributed by atoms with Gasteiger partial charge in [-0.15, -0.1) is 0 Å². The van der Waals surface area contributed by atoms with Gasteiger partial charge in [-0.2, -0.15) is 5.10 Å². The van der Waals surface area contributed by atoms with E-state index < -0.39 is 10.0 Å². The maximum absolute atomic E-state index is 12.4. The van der Waals surface area contributed by atoms with Crippen LogP contribution < -0.4 is 4.72 Å². The van der Waals surface area contributed by atoms with E-state index in [1.807, 2.05) is 31.2 Å². The summed E-state index contributed by atoms with van der Waals surface area (Å²) in [5.74, 6) is 0.247. The molecule has 0 saturated carbocycles. The van der Waals surface area contributed by atoms with Crippen molar-refractivity contribution in [3.63, 3.8) is 0 Å². The molecule has 0 spiro atoms. The van der Waals surface area contributed by atoms with Gasteiger partial charge in [-0.3, -0.25) is 14.8 Å². The van der Waals surface area contributed by atoms with Crippen molar-refractivity contribution in [3.8, 4) is 11.3 Å². The SMILES string of the molecule is CCc1ccc(S(=O)(=O)Nc2cc(-c3ccncc3)[nH]n2)cc1. The van der Waals surface area contributed by atoms with Crippen LogP contribution in [0, 0.1) is 0 Å². The first-order valence-corrected chi connectivity index (χ1v) is 8.64. The number of hydrogen-bond donors (Lipinski definition) is 2. The molecule has 118 valence electrons. The van der Waals surface area contributed by atoms with Gasteiger partial charge in [0.15, 0.2) is 5.82 Å². The van der Waals surface area contributed by atoms with Crippen LogP contribution >= 0.6 is 0 Å². The predicted octanol–water partition coefficient (Wildman–Crippen LogP) is 2.83. The molecular weight excluding hydrogens is 312 g/mol. The lowest BCUT2D eigenvalue weighted by Gasteiger charge is -2.05. The molecule has 2 aromatic heterocycles. The van der Waals surface area contributed by atoms with E-state index in [0.717, 1.165) is 17.5 Å². The Kier molecular flexibility index (Phi) is 4.12. The van der Waals surface area contributed by atoms with Crippen LogP contribution in [0.1, 0.15) is 12.5 Å². The zero-order valence-corrected chi connectivity index (χ0v) is 13.3. The second-order valence-electron chi connectivity index (χ2n) is 5.01. The number of benzene rings is 1. The molecule has 3 rings (SSSR count). The standard InChI is InChI=1S/C16H16N4O2S/c1-2-12-3-5-14(6-4-12)23(21,22)20-16-11-15(18-19-16)13-7-9-17-10-8-13/h3-11H,2H2,1H3,(H2,18,19,20). The van der Waals surface area contributed by atoms with Crippen molar-refractivity contribution < 1.29 is 8.42 Å². The molecule has 0 bridgehead atoms. The van der Waals surface area contributed by atoms with E-state index in [0.29, 0.717) is 5.69 Å². The van der Waals surface area contributed by atoms with Crippen molar-refractivity contribution in [3.05, 3.63) is 60.4 Å². The Bertz CT molecular complexity index is 887. The number of nitrogens with zero attached hydrogens (tertiary/aromatic N) is 2. The van der Waals surface area contributed by atoms with E-state index in [1.165, 1.54) is 0 Å². The van der Waals surface area contributed by atoms with Crippen LogP contribution in [0.25, 0.3) is 11.3 Å². The lowest BCUT2D eigenvalue weighted by Crippen LogP contribution is -2.13. The van der Waals surface area contributed by atoms with Crippen molar-refractivity contribution in [2.75, 3.05) is 4.72 Å². The third kappa shape index (κ3) is 3.40. The summed E-state index contributed by atoms with van der Waals surface area (Å²) < 4.78 is 27.2. The van der Waals surface area contributed by atoms with Gasteiger partial charge in [-0.05, 0) is 36.2 Å². The molecule has 1 aromatic carbocycles. The van der Waals surface area contributed by atoms with Crippen LogP contribution in [-0.2, 0) is 16.4 Å². The number of aromatic nitrogens is 3. The van der Waals surface area contributed by atoms with Crippen LogP contribution in [0.2, 0.25) is 0 Å². The molecule has 0 aliphatic rings. The van der Waals surface area contributed by atoms with Gasteiger partial charge in [0.25, 0.3) is 10.0 Å². The number of rotatable bonds is 5. The monoisotopic (exact) mass is 328 g/mol. The molecule has 3 aromatic rings. The molecule has 2 heterocycles. The van der Waals surface area contributed by atoms with Gasteiger partial charge in [0.05, 0.1) is 10.6 Å². The number of sulfonamides is 1. The topological polar surface area (TPSA) is 87.7 Å². The summed E-state index contributed by atoms with van der Waals surface area (Å²) in [6.07, 6.45) is 4.19. The second kappa shape index (κ2) is 6.21. The Labute approximate surface area is 134 Å². The fraction of sp³-hybridized carbons (Fsp3) is 0.125. The molecule has 0 atom stereocenters. The van der Waals surface area contributed by atoms with Crippen molar-refractivity contribution in [2.45, 2.75) is 18.2 Å². The molecular formula is C16H16N4O2S. The Morgan fingerprint density at radius 1 is 1.09 bits per heavy atom. The number of hydrogen-bond acceptors (Lipinski definition) is 4. The Morgan fingerprint density at radius 2 is 1.78 bits per heavy atom. The van der Waals surface area contributed by atoms with Gasteiger partial charge in [0.2, 0.25) is 0 Å². The van der Waals surface area contributed by atoms with Gasteiger partial charge in [-0.25, -0.2) is 8.42 Å². The average molecular weight is 328 g/mol.